The fraction of sp³-hybridized carbons (Fsp3) is 0.192. The maximum atomic E-state index is 2.42. The van der Waals surface area contributed by atoms with Gasteiger partial charge in [0.15, 0.2) is 0 Å². The highest BCUT2D eigenvalue weighted by atomic mass is 32.2. The molecule has 264 valence electrons. The summed E-state index contributed by atoms with van der Waals surface area (Å²) in [6.07, 6.45) is 19.9. The van der Waals surface area contributed by atoms with E-state index < -0.39 is 0 Å². The van der Waals surface area contributed by atoms with E-state index in [4.69, 9.17) is 0 Å². The molecule has 1 aliphatic heterocycles. The van der Waals surface area contributed by atoms with Crippen LogP contribution in [0.3, 0.4) is 0 Å². The largest absolute Gasteiger partial charge is 0.0888 e. The topological polar surface area (TPSA) is 0 Å². The average Bonchev–Trinajstić information content (AvgIpc) is 3.18. The van der Waals surface area contributed by atoms with Crippen LogP contribution in [0.2, 0.25) is 0 Å². The lowest BCUT2D eigenvalue weighted by Gasteiger charge is -2.22. The lowest BCUT2D eigenvalue weighted by atomic mass is 9.84. The highest BCUT2D eigenvalue weighted by Crippen LogP contribution is 2.44. The molecule has 0 unspecified atom stereocenters. The third kappa shape index (κ3) is 9.10. The Morgan fingerprint density at radius 3 is 1.45 bits per heavy atom. The molecule has 1 aliphatic carbocycles. The second kappa shape index (κ2) is 16.7. The summed E-state index contributed by atoms with van der Waals surface area (Å²) in [6.45, 7) is 10.9. The van der Waals surface area contributed by atoms with Gasteiger partial charge in [0, 0.05) is 9.81 Å². The first-order valence-electron chi connectivity index (χ1n) is 19.2. The molecule has 0 amide bonds. The summed E-state index contributed by atoms with van der Waals surface area (Å²) >= 11 is 1.87. The highest BCUT2D eigenvalue weighted by Gasteiger charge is 2.17. The van der Waals surface area contributed by atoms with Crippen molar-refractivity contribution in [3.63, 3.8) is 0 Å². The first kappa shape index (κ1) is 36.3. The molecule has 0 N–H and O–H groups in total. The van der Waals surface area contributed by atoms with Crippen LogP contribution in [-0.2, 0) is 0 Å². The Morgan fingerprint density at radius 2 is 0.981 bits per heavy atom. The first-order valence-corrected chi connectivity index (χ1v) is 20.0. The second-order valence-corrected chi connectivity index (χ2v) is 15.8. The van der Waals surface area contributed by atoms with E-state index in [2.05, 4.69) is 186 Å². The molecule has 0 saturated heterocycles. The van der Waals surface area contributed by atoms with Crippen LogP contribution in [0.5, 0.6) is 0 Å². The van der Waals surface area contributed by atoms with Crippen molar-refractivity contribution in [3.8, 4) is 22.3 Å². The molecular weight excluding hydrogens is 657 g/mol. The Hall–Kier alpha value is -5.11. The van der Waals surface area contributed by atoms with E-state index in [-0.39, 0.29) is 0 Å². The zero-order valence-corrected chi connectivity index (χ0v) is 32.7. The third-order valence-corrected chi connectivity index (χ3v) is 11.5. The van der Waals surface area contributed by atoms with Gasteiger partial charge in [-0.05, 0) is 145 Å². The zero-order chi connectivity index (χ0) is 36.7. The van der Waals surface area contributed by atoms with Gasteiger partial charge in [0.05, 0.1) is 0 Å². The third-order valence-electron chi connectivity index (χ3n) is 10.3. The number of aryl methyl sites for hydroxylation is 4. The SMILES string of the molecule is CCCC1=C(/C=C/c2cc(-c3ccc(C)cc3)cc(-c3ccc(C)cc3)c2)CCC/C1=C\C=C1C=C(c2ccc(C)cc2)SC(c2ccc(C)cc2)=C1. The van der Waals surface area contributed by atoms with Crippen LogP contribution in [0.15, 0.2) is 168 Å². The normalized spacial score (nSPS) is 15.6. The molecule has 0 saturated carbocycles. The first-order chi connectivity index (χ1) is 25.8. The molecule has 5 aromatic rings. The number of thioether (sulfide) groups is 1. The van der Waals surface area contributed by atoms with Crippen LogP contribution in [-0.4, -0.2) is 0 Å². The molecule has 0 aromatic heterocycles. The fourth-order valence-electron chi connectivity index (χ4n) is 7.22. The van der Waals surface area contributed by atoms with Crippen LogP contribution in [0.4, 0.5) is 0 Å². The highest BCUT2D eigenvalue weighted by molar-refractivity contribution is 8.16. The molecule has 0 atom stereocenters. The molecule has 0 nitrogen and oxygen atoms in total. The minimum absolute atomic E-state index is 1.09. The van der Waals surface area contributed by atoms with Gasteiger partial charge >= 0.3 is 0 Å². The molecule has 0 spiro atoms. The van der Waals surface area contributed by atoms with Crippen LogP contribution in [0.25, 0.3) is 38.1 Å². The predicted molar refractivity (Wildman–Crippen MR) is 234 cm³/mol. The van der Waals surface area contributed by atoms with Crippen LogP contribution < -0.4 is 0 Å². The Balaban J connectivity index is 1.25. The van der Waals surface area contributed by atoms with E-state index in [1.54, 1.807) is 0 Å². The van der Waals surface area contributed by atoms with Gasteiger partial charge in [-0.1, -0.05) is 169 Å². The molecule has 0 fully saturated rings. The molecule has 1 heteroatoms. The molecular formula is C52H50S. The van der Waals surface area contributed by atoms with E-state index in [1.807, 2.05) is 11.8 Å². The Kier molecular flexibility index (Phi) is 11.4. The molecule has 2 aliphatic rings. The number of allylic oxidation sites excluding steroid dienone is 9. The molecule has 0 bridgehead atoms. The lowest BCUT2D eigenvalue weighted by Crippen LogP contribution is -2.02. The average molecular weight is 707 g/mol. The summed E-state index contributed by atoms with van der Waals surface area (Å²) in [4.78, 5) is 2.59. The van der Waals surface area contributed by atoms with Gasteiger partial charge in [0.25, 0.3) is 0 Å². The maximum absolute atomic E-state index is 2.42. The van der Waals surface area contributed by atoms with Gasteiger partial charge in [0.1, 0.15) is 0 Å². The number of benzene rings is 5. The van der Waals surface area contributed by atoms with E-state index in [1.165, 1.54) is 99.7 Å². The quantitative estimate of drug-likeness (QED) is 0.147. The van der Waals surface area contributed by atoms with E-state index >= 15 is 0 Å². The Labute approximate surface area is 322 Å². The van der Waals surface area contributed by atoms with Crippen molar-refractivity contribution in [3.05, 3.63) is 207 Å². The molecule has 53 heavy (non-hydrogen) atoms. The van der Waals surface area contributed by atoms with Crippen molar-refractivity contribution in [2.45, 2.75) is 66.7 Å². The van der Waals surface area contributed by atoms with E-state index in [0.29, 0.717) is 0 Å². The molecule has 0 radical (unpaired) electrons. The minimum Gasteiger partial charge on any atom is -0.0888 e. The Bertz CT molecular complexity index is 2140. The van der Waals surface area contributed by atoms with Gasteiger partial charge in [-0.25, -0.2) is 0 Å². The van der Waals surface area contributed by atoms with Crippen molar-refractivity contribution >= 4 is 27.6 Å². The van der Waals surface area contributed by atoms with Crippen LogP contribution in [0.1, 0.15) is 78.0 Å². The zero-order valence-electron chi connectivity index (χ0n) is 31.9. The van der Waals surface area contributed by atoms with Crippen molar-refractivity contribution < 1.29 is 0 Å². The van der Waals surface area contributed by atoms with Crippen LogP contribution in [0, 0.1) is 27.7 Å². The standard InChI is InChI=1S/C52H50S/c1-6-8-50-44(29-19-40-31-48(42-21-11-36(2)12-22-42)35-49(32-40)43-23-13-37(3)14-24-43)9-7-10-45(50)30-20-41-33-51(46-25-15-38(4)16-26-46)53-52(34-41)47-27-17-39(5)18-28-47/h11-35H,6-10H2,1-5H3/b29-19+,45-30+. The second-order valence-electron chi connectivity index (χ2n) is 14.7. The van der Waals surface area contributed by atoms with Crippen molar-refractivity contribution in [1.82, 2.24) is 0 Å². The number of hydrogen-bond acceptors (Lipinski definition) is 1. The summed E-state index contributed by atoms with van der Waals surface area (Å²) in [5.41, 5.74) is 19.6. The van der Waals surface area contributed by atoms with Crippen molar-refractivity contribution in [1.29, 1.82) is 0 Å². The predicted octanol–water partition coefficient (Wildman–Crippen LogP) is 15.2. The summed E-state index contributed by atoms with van der Waals surface area (Å²) < 4.78 is 0. The monoisotopic (exact) mass is 706 g/mol. The van der Waals surface area contributed by atoms with Gasteiger partial charge < -0.3 is 0 Å². The minimum atomic E-state index is 1.09. The van der Waals surface area contributed by atoms with Gasteiger partial charge in [0.2, 0.25) is 0 Å². The fourth-order valence-corrected chi connectivity index (χ4v) is 8.36. The van der Waals surface area contributed by atoms with Crippen molar-refractivity contribution in [2.75, 3.05) is 0 Å². The van der Waals surface area contributed by atoms with E-state index in [0.717, 1.165) is 25.7 Å². The van der Waals surface area contributed by atoms with Crippen LogP contribution >= 0.6 is 11.8 Å². The number of hydrogen-bond donors (Lipinski definition) is 0. The molecule has 5 aromatic carbocycles. The van der Waals surface area contributed by atoms with Crippen molar-refractivity contribution in [2.24, 2.45) is 0 Å². The Morgan fingerprint density at radius 1 is 0.509 bits per heavy atom. The summed E-state index contributed by atoms with van der Waals surface area (Å²) in [7, 11) is 0. The van der Waals surface area contributed by atoms with E-state index in [9.17, 15) is 0 Å². The summed E-state index contributed by atoms with van der Waals surface area (Å²) in [6, 6.07) is 42.7. The maximum Gasteiger partial charge on any atom is 0.0200 e. The molecule has 7 rings (SSSR count). The summed E-state index contributed by atoms with van der Waals surface area (Å²) in [5, 5.41) is 0. The van der Waals surface area contributed by atoms with Gasteiger partial charge in [-0.2, -0.15) is 0 Å². The summed E-state index contributed by atoms with van der Waals surface area (Å²) in [5.74, 6) is 0. The lowest BCUT2D eigenvalue weighted by molar-refractivity contribution is 0.744. The van der Waals surface area contributed by atoms with Gasteiger partial charge in [-0.3, -0.25) is 0 Å². The molecule has 1 heterocycles. The smallest absolute Gasteiger partial charge is 0.0200 e. The van der Waals surface area contributed by atoms with Gasteiger partial charge in [-0.15, -0.1) is 0 Å². The number of rotatable bonds is 9.